The quantitative estimate of drug-likeness (QED) is 0.591. The molecule has 3 N–H and O–H groups in total. The van der Waals surface area contributed by atoms with Gasteiger partial charge in [0.2, 0.25) is 11.8 Å². The highest BCUT2D eigenvalue weighted by Gasteiger charge is 2.37. The Morgan fingerprint density at radius 1 is 1.16 bits per heavy atom. The van der Waals surface area contributed by atoms with E-state index in [2.05, 4.69) is 37.0 Å². The summed E-state index contributed by atoms with van der Waals surface area (Å²) in [6.45, 7) is 6.68. The van der Waals surface area contributed by atoms with Crippen molar-refractivity contribution in [2.45, 2.75) is 38.7 Å². The maximum absolute atomic E-state index is 9.80. The van der Waals surface area contributed by atoms with E-state index in [1.54, 1.807) is 0 Å². The van der Waals surface area contributed by atoms with Crippen LogP contribution in [-0.4, -0.2) is 10.2 Å². The Morgan fingerprint density at radius 2 is 1.84 bits per heavy atom. The predicted molar refractivity (Wildman–Crippen MR) is 119 cm³/mol. The van der Waals surface area contributed by atoms with E-state index in [4.69, 9.17) is 26.8 Å². The zero-order valence-corrected chi connectivity index (χ0v) is 18.3. The summed E-state index contributed by atoms with van der Waals surface area (Å²) in [7, 11) is 0. The summed E-state index contributed by atoms with van der Waals surface area (Å²) in [5.74, 6) is 0.848. The van der Waals surface area contributed by atoms with Gasteiger partial charge in [-0.05, 0) is 35.4 Å². The Bertz CT molecular complexity index is 1170. The first-order chi connectivity index (χ1) is 14.8. The van der Waals surface area contributed by atoms with Gasteiger partial charge in [-0.3, -0.25) is 5.10 Å². The number of fused-ring (bicyclic) bond motifs is 1. The second-order valence-electron chi connectivity index (χ2n) is 8.48. The molecule has 0 saturated carbocycles. The van der Waals surface area contributed by atoms with Gasteiger partial charge in [0.1, 0.15) is 24.0 Å². The Balaban J connectivity index is 1.64. The van der Waals surface area contributed by atoms with Crippen LogP contribution in [0.25, 0.3) is 0 Å². The van der Waals surface area contributed by atoms with Crippen molar-refractivity contribution in [3.8, 4) is 17.7 Å². The fourth-order valence-corrected chi connectivity index (χ4v) is 3.78. The van der Waals surface area contributed by atoms with Crippen molar-refractivity contribution in [3.63, 3.8) is 0 Å². The average Bonchev–Trinajstić information content (AvgIpc) is 3.16. The van der Waals surface area contributed by atoms with E-state index < -0.39 is 0 Å². The summed E-state index contributed by atoms with van der Waals surface area (Å²) in [4.78, 5) is 0. The Hall–Kier alpha value is -3.43. The van der Waals surface area contributed by atoms with Crippen molar-refractivity contribution in [3.05, 3.63) is 87.4 Å². The lowest BCUT2D eigenvalue weighted by molar-refractivity contribution is 0.306. The molecule has 0 aliphatic carbocycles. The third kappa shape index (κ3) is 4.10. The van der Waals surface area contributed by atoms with Gasteiger partial charge in [-0.1, -0.05) is 56.6 Å². The summed E-state index contributed by atoms with van der Waals surface area (Å²) in [6, 6.07) is 17.4. The molecule has 6 nitrogen and oxygen atoms in total. The molecule has 7 heteroatoms. The normalized spacial score (nSPS) is 15.8. The zero-order valence-electron chi connectivity index (χ0n) is 17.6. The number of ether oxygens (including phenoxy) is 2. The number of halogens is 1. The van der Waals surface area contributed by atoms with Crippen molar-refractivity contribution < 1.29 is 9.47 Å². The second-order valence-corrected chi connectivity index (χ2v) is 8.91. The molecular weight excluding hydrogens is 412 g/mol. The van der Waals surface area contributed by atoms with Gasteiger partial charge >= 0.3 is 0 Å². The third-order valence-corrected chi connectivity index (χ3v) is 5.47. The summed E-state index contributed by atoms with van der Waals surface area (Å²) >= 11 is 5.93. The van der Waals surface area contributed by atoms with Gasteiger partial charge in [0, 0.05) is 16.1 Å². The van der Waals surface area contributed by atoms with Gasteiger partial charge in [-0.25, -0.2) is 0 Å². The Labute approximate surface area is 186 Å². The molecule has 0 bridgehead atoms. The number of hydrogen-bond acceptors (Lipinski definition) is 5. The first kappa shape index (κ1) is 20.8. The van der Waals surface area contributed by atoms with E-state index in [1.165, 1.54) is 0 Å². The molecule has 4 rings (SSSR count). The van der Waals surface area contributed by atoms with E-state index >= 15 is 0 Å². The first-order valence-corrected chi connectivity index (χ1v) is 10.3. The summed E-state index contributed by atoms with van der Waals surface area (Å²) in [5.41, 5.74) is 9.90. The zero-order chi connectivity index (χ0) is 22.2. The molecule has 0 radical (unpaired) electrons. The number of nitrogens with one attached hydrogen (secondary N) is 1. The van der Waals surface area contributed by atoms with Crippen molar-refractivity contribution in [1.29, 1.82) is 5.26 Å². The Kier molecular flexibility index (Phi) is 5.38. The van der Waals surface area contributed by atoms with E-state index in [9.17, 15) is 5.26 Å². The van der Waals surface area contributed by atoms with Gasteiger partial charge in [0.15, 0.2) is 0 Å². The van der Waals surface area contributed by atoms with E-state index in [0.717, 1.165) is 28.1 Å². The molecule has 0 amide bonds. The lowest BCUT2D eigenvalue weighted by Crippen LogP contribution is -2.23. The fourth-order valence-electron chi connectivity index (χ4n) is 3.65. The number of aromatic nitrogens is 2. The minimum absolute atomic E-state index is 0.0787. The fraction of sp³-hybridized carbons (Fsp3) is 0.250. The lowest BCUT2D eigenvalue weighted by atomic mass is 9.79. The summed E-state index contributed by atoms with van der Waals surface area (Å²) in [5, 5.41) is 17.9. The highest BCUT2D eigenvalue weighted by atomic mass is 35.5. The molecule has 0 spiro atoms. The molecule has 1 aromatic heterocycles. The van der Waals surface area contributed by atoms with Crippen LogP contribution in [0.2, 0.25) is 5.02 Å². The number of nitrogens with zero attached hydrogens (tertiary/aromatic N) is 2. The summed E-state index contributed by atoms with van der Waals surface area (Å²) in [6.07, 6.45) is 0. The van der Waals surface area contributed by atoms with Gasteiger partial charge in [0.05, 0.1) is 11.5 Å². The van der Waals surface area contributed by atoms with Crippen LogP contribution in [-0.2, 0) is 12.0 Å². The molecular formula is C24H23ClN4O2. The minimum atomic E-state index is -0.368. The maximum atomic E-state index is 9.80. The highest BCUT2D eigenvalue weighted by molar-refractivity contribution is 6.30. The van der Waals surface area contributed by atoms with Gasteiger partial charge in [0.25, 0.3) is 0 Å². The average molecular weight is 435 g/mol. The van der Waals surface area contributed by atoms with Crippen LogP contribution in [0.4, 0.5) is 0 Å². The third-order valence-electron chi connectivity index (χ3n) is 5.22. The van der Waals surface area contributed by atoms with Crippen LogP contribution in [0, 0.1) is 11.3 Å². The highest BCUT2D eigenvalue weighted by Crippen LogP contribution is 2.45. The molecule has 1 unspecified atom stereocenters. The first-order valence-electron chi connectivity index (χ1n) is 9.91. The molecule has 158 valence electrons. The molecule has 1 aliphatic heterocycles. The van der Waals surface area contributed by atoms with Crippen LogP contribution in [0.3, 0.4) is 0 Å². The van der Waals surface area contributed by atoms with Crippen molar-refractivity contribution >= 4 is 11.6 Å². The van der Waals surface area contributed by atoms with Crippen LogP contribution in [0.15, 0.2) is 60.0 Å². The number of benzene rings is 2. The molecule has 1 atom stereocenters. The SMILES string of the molecule is CC(C)(C)c1[nH]nc2c1C(c1ccc(OCc3ccc(Cl)cc3)cc1)C(C#N)=C(N)O2. The van der Waals surface area contributed by atoms with Crippen LogP contribution in [0.1, 0.15) is 49.1 Å². The standard InChI is InChI=1S/C24H23ClN4O2/c1-24(2,3)21-20-19(18(12-26)22(27)31-23(20)29-28-21)15-6-10-17(11-7-15)30-13-14-4-8-16(25)9-5-14/h4-11,19H,13,27H2,1-3H3,(H,28,29). The summed E-state index contributed by atoms with van der Waals surface area (Å²) < 4.78 is 11.5. The molecule has 31 heavy (non-hydrogen) atoms. The molecule has 2 heterocycles. The molecule has 0 saturated heterocycles. The Morgan fingerprint density at radius 3 is 2.45 bits per heavy atom. The molecule has 3 aromatic rings. The van der Waals surface area contributed by atoms with Gasteiger partial charge < -0.3 is 15.2 Å². The number of rotatable bonds is 4. The van der Waals surface area contributed by atoms with Crippen molar-refractivity contribution in [2.75, 3.05) is 0 Å². The number of H-pyrrole nitrogens is 1. The minimum Gasteiger partial charge on any atom is -0.489 e. The van der Waals surface area contributed by atoms with Crippen LogP contribution in [0.5, 0.6) is 11.6 Å². The largest absolute Gasteiger partial charge is 0.489 e. The maximum Gasteiger partial charge on any atom is 0.244 e. The predicted octanol–water partition coefficient (Wildman–Crippen LogP) is 5.16. The van der Waals surface area contributed by atoms with Gasteiger partial charge in [-0.15, -0.1) is 5.10 Å². The van der Waals surface area contributed by atoms with E-state index in [0.29, 0.717) is 23.1 Å². The number of aromatic amines is 1. The monoisotopic (exact) mass is 434 g/mol. The van der Waals surface area contributed by atoms with Gasteiger partial charge in [-0.2, -0.15) is 5.26 Å². The molecule has 1 aliphatic rings. The van der Waals surface area contributed by atoms with Crippen molar-refractivity contribution in [1.82, 2.24) is 10.2 Å². The number of allylic oxidation sites excluding steroid dienone is 1. The van der Waals surface area contributed by atoms with E-state index in [1.807, 2.05) is 48.5 Å². The number of nitrogens with two attached hydrogens (primary N) is 1. The van der Waals surface area contributed by atoms with Crippen LogP contribution >= 0.6 is 11.6 Å². The molecule has 2 aromatic carbocycles. The molecule has 0 fully saturated rings. The number of nitriles is 1. The topological polar surface area (TPSA) is 97.0 Å². The van der Waals surface area contributed by atoms with E-state index in [-0.39, 0.29) is 17.2 Å². The second kappa shape index (κ2) is 8.01. The smallest absolute Gasteiger partial charge is 0.244 e. The van der Waals surface area contributed by atoms with Crippen LogP contribution < -0.4 is 15.2 Å². The van der Waals surface area contributed by atoms with Crippen molar-refractivity contribution in [2.24, 2.45) is 5.73 Å². The number of hydrogen-bond donors (Lipinski definition) is 2. The lowest BCUT2D eigenvalue weighted by Gasteiger charge is -2.27.